The number of benzene rings is 1. The summed E-state index contributed by atoms with van der Waals surface area (Å²) in [5.41, 5.74) is 0.644. The summed E-state index contributed by atoms with van der Waals surface area (Å²) in [6, 6.07) is 5.49. The molecule has 1 atom stereocenters. The van der Waals surface area contributed by atoms with Gasteiger partial charge in [0.15, 0.2) is 0 Å². The van der Waals surface area contributed by atoms with Gasteiger partial charge in [-0.05, 0) is 17.7 Å². The molecule has 0 amide bonds. The zero-order chi connectivity index (χ0) is 12.9. The van der Waals surface area contributed by atoms with Gasteiger partial charge in [-0.1, -0.05) is 28.1 Å². The SMILES string of the molecule is Fc1ccc(C(CBr)OCCC(F)(F)F)cc1. The second-order valence-corrected chi connectivity index (χ2v) is 4.08. The Hall–Kier alpha value is -0.620. The molecule has 1 aromatic rings. The molecule has 0 aliphatic rings. The highest BCUT2D eigenvalue weighted by Gasteiger charge is 2.27. The number of rotatable bonds is 5. The van der Waals surface area contributed by atoms with E-state index in [0.29, 0.717) is 10.9 Å². The molecule has 0 aromatic heterocycles. The van der Waals surface area contributed by atoms with Crippen molar-refractivity contribution in [3.8, 4) is 0 Å². The van der Waals surface area contributed by atoms with Crippen LogP contribution >= 0.6 is 15.9 Å². The van der Waals surface area contributed by atoms with Gasteiger partial charge in [-0.25, -0.2) is 4.39 Å². The largest absolute Gasteiger partial charge is 0.391 e. The Morgan fingerprint density at radius 2 is 1.76 bits per heavy atom. The Bertz CT molecular complexity index is 336. The maximum absolute atomic E-state index is 12.7. The van der Waals surface area contributed by atoms with Gasteiger partial charge in [0.25, 0.3) is 0 Å². The van der Waals surface area contributed by atoms with Crippen LogP contribution in [0, 0.1) is 5.82 Å². The molecule has 0 aliphatic heterocycles. The molecule has 0 saturated heterocycles. The van der Waals surface area contributed by atoms with E-state index in [-0.39, 0.29) is 0 Å². The molecule has 0 bridgehead atoms. The third kappa shape index (κ3) is 5.50. The first-order valence-corrected chi connectivity index (χ1v) is 6.04. The van der Waals surface area contributed by atoms with Crippen molar-refractivity contribution in [2.75, 3.05) is 11.9 Å². The summed E-state index contributed by atoms with van der Waals surface area (Å²) in [7, 11) is 0. The first-order chi connectivity index (χ1) is 7.92. The number of halogens is 5. The smallest absolute Gasteiger partial charge is 0.372 e. The quantitative estimate of drug-likeness (QED) is 0.584. The van der Waals surface area contributed by atoms with E-state index in [9.17, 15) is 17.6 Å². The van der Waals surface area contributed by atoms with Crippen molar-refractivity contribution >= 4 is 15.9 Å². The molecule has 17 heavy (non-hydrogen) atoms. The Morgan fingerprint density at radius 3 is 2.24 bits per heavy atom. The van der Waals surface area contributed by atoms with Gasteiger partial charge in [-0.15, -0.1) is 0 Å². The van der Waals surface area contributed by atoms with Gasteiger partial charge in [0, 0.05) is 5.33 Å². The molecule has 1 unspecified atom stereocenters. The summed E-state index contributed by atoms with van der Waals surface area (Å²) >= 11 is 3.15. The predicted octanol–water partition coefficient (Wildman–Crippen LogP) is 4.23. The summed E-state index contributed by atoms with van der Waals surface area (Å²) in [4.78, 5) is 0. The topological polar surface area (TPSA) is 9.23 Å². The first kappa shape index (κ1) is 14.4. The Balaban J connectivity index is 2.51. The molecular formula is C11H11BrF4O. The lowest BCUT2D eigenvalue weighted by Crippen LogP contribution is -2.14. The monoisotopic (exact) mass is 314 g/mol. The average molecular weight is 315 g/mol. The maximum atomic E-state index is 12.7. The maximum Gasteiger partial charge on any atom is 0.391 e. The summed E-state index contributed by atoms with van der Waals surface area (Å²) in [5, 5.41) is 0.358. The van der Waals surface area contributed by atoms with Gasteiger partial charge in [-0.3, -0.25) is 0 Å². The van der Waals surface area contributed by atoms with Crippen LogP contribution < -0.4 is 0 Å². The molecule has 1 aromatic carbocycles. The zero-order valence-corrected chi connectivity index (χ0v) is 10.4. The van der Waals surface area contributed by atoms with Gasteiger partial charge in [-0.2, -0.15) is 13.2 Å². The van der Waals surface area contributed by atoms with Crippen LogP contribution in [0.15, 0.2) is 24.3 Å². The molecule has 0 aliphatic carbocycles. The Morgan fingerprint density at radius 1 is 1.18 bits per heavy atom. The lowest BCUT2D eigenvalue weighted by atomic mass is 10.1. The van der Waals surface area contributed by atoms with E-state index >= 15 is 0 Å². The van der Waals surface area contributed by atoms with Crippen molar-refractivity contribution in [3.63, 3.8) is 0 Å². The highest BCUT2D eigenvalue weighted by atomic mass is 79.9. The van der Waals surface area contributed by atoms with Crippen LogP contribution in [0.3, 0.4) is 0 Å². The normalized spacial score (nSPS) is 13.7. The van der Waals surface area contributed by atoms with Crippen molar-refractivity contribution in [2.24, 2.45) is 0 Å². The minimum Gasteiger partial charge on any atom is -0.372 e. The molecule has 0 heterocycles. The predicted molar refractivity (Wildman–Crippen MR) is 59.6 cm³/mol. The fourth-order valence-corrected chi connectivity index (χ4v) is 1.78. The van der Waals surface area contributed by atoms with E-state index in [0.717, 1.165) is 0 Å². The summed E-state index contributed by atoms with van der Waals surface area (Å²) in [6.45, 7) is -0.406. The highest BCUT2D eigenvalue weighted by Crippen LogP contribution is 2.24. The van der Waals surface area contributed by atoms with Crippen molar-refractivity contribution in [2.45, 2.75) is 18.7 Å². The van der Waals surface area contributed by atoms with Crippen LogP contribution in [-0.4, -0.2) is 18.1 Å². The third-order valence-electron chi connectivity index (χ3n) is 2.09. The van der Waals surface area contributed by atoms with Gasteiger partial charge in [0.2, 0.25) is 0 Å². The second kappa shape index (κ2) is 6.35. The van der Waals surface area contributed by atoms with Crippen molar-refractivity contribution in [1.29, 1.82) is 0 Å². The molecule has 1 rings (SSSR count). The van der Waals surface area contributed by atoms with Crippen LogP contribution in [0.25, 0.3) is 0 Å². The van der Waals surface area contributed by atoms with Crippen molar-refractivity contribution < 1.29 is 22.3 Å². The Labute approximate surface area is 105 Å². The number of hydrogen-bond donors (Lipinski definition) is 0. The lowest BCUT2D eigenvalue weighted by Gasteiger charge is -2.16. The molecule has 0 saturated carbocycles. The van der Waals surface area contributed by atoms with E-state index in [4.69, 9.17) is 4.74 Å². The third-order valence-corrected chi connectivity index (χ3v) is 2.67. The van der Waals surface area contributed by atoms with Gasteiger partial charge < -0.3 is 4.74 Å². The van der Waals surface area contributed by atoms with Crippen molar-refractivity contribution in [1.82, 2.24) is 0 Å². The van der Waals surface area contributed by atoms with E-state index in [1.54, 1.807) is 0 Å². The molecular weight excluding hydrogens is 304 g/mol. The minimum atomic E-state index is -4.22. The van der Waals surface area contributed by atoms with Crippen LogP contribution in [0.1, 0.15) is 18.1 Å². The Kier molecular flexibility index (Phi) is 5.39. The summed E-state index contributed by atoms with van der Waals surface area (Å²) in [6.07, 6.45) is -5.71. The van der Waals surface area contributed by atoms with Crippen molar-refractivity contribution in [3.05, 3.63) is 35.6 Å². The fourth-order valence-electron chi connectivity index (χ4n) is 1.22. The fraction of sp³-hybridized carbons (Fsp3) is 0.455. The molecule has 0 N–H and O–H groups in total. The van der Waals surface area contributed by atoms with Gasteiger partial charge >= 0.3 is 6.18 Å². The molecule has 0 spiro atoms. The number of ether oxygens (including phenoxy) is 1. The molecule has 0 fully saturated rings. The van der Waals surface area contributed by atoms with Crippen LogP contribution in [0.4, 0.5) is 17.6 Å². The summed E-state index contributed by atoms with van der Waals surface area (Å²) in [5.74, 6) is -0.391. The number of hydrogen-bond acceptors (Lipinski definition) is 1. The van der Waals surface area contributed by atoms with E-state index in [1.165, 1.54) is 24.3 Å². The van der Waals surface area contributed by atoms with Crippen LogP contribution in [0.2, 0.25) is 0 Å². The lowest BCUT2D eigenvalue weighted by molar-refractivity contribution is -0.148. The average Bonchev–Trinajstić information content (AvgIpc) is 2.24. The van der Waals surface area contributed by atoms with Crippen LogP contribution in [-0.2, 0) is 4.74 Å². The van der Waals surface area contributed by atoms with E-state index in [1.807, 2.05) is 0 Å². The minimum absolute atomic E-state index is 0.358. The summed E-state index contributed by atoms with van der Waals surface area (Å²) < 4.78 is 53.5. The second-order valence-electron chi connectivity index (χ2n) is 3.43. The van der Waals surface area contributed by atoms with E-state index < -0.39 is 31.1 Å². The first-order valence-electron chi connectivity index (χ1n) is 4.92. The zero-order valence-electron chi connectivity index (χ0n) is 8.81. The standard InChI is InChI=1S/C11H11BrF4O/c12-7-10(17-6-5-11(14,15)16)8-1-3-9(13)4-2-8/h1-4,10H,5-7H2. The van der Waals surface area contributed by atoms with E-state index in [2.05, 4.69) is 15.9 Å². The molecule has 6 heteroatoms. The molecule has 96 valence electrons. The number of alkyl halides is 4. The van der Waals surface area contributed by atoms with Crippen LogP contribution in [0.5, 0.6) is 0 Å². The molecule has 0 radical (unpaired) electrons. The van der Waals surface area contributed by atoms with Gasteiger partial charge in [0.05, 0.1) is 19.1 Å². The highest BCUT2D eigenvalue weighted by molar-refractivity contribution is 9.09. The van der Waals surface area contributed by atoms with Gasteiger partial charge in [0.1, 0.15) is 5.82 Å². The molecule has 1 nitrogen and oxygen atoms in total.